The molecular weight excluding hydrogens is 78.0 g/mol. The first-order valence-corrected chi connectivity index (χ1v) is 1.80. The summed E-state index contributed by atoms with van der Waals surface area (Å²) in [5.74, 6) is 0. The van der Waals surface area contributed by atoms with Crippen molar-refractivity contribution in [2.75, 3.05) is 13.2 Å². The first-order valence-electron chi connectivity index (χ1n) is 1.80. The first kappa shape index (κ1) is 5.63. The Morgan fingerprint density at radius 1 is 1.83 bits per heavy atom. The Morgan fingerprint density at radius 3 is 2.67 bits per heavy atom. The molecule has 0 aromatic heterocycles. The van der Waals surface area contributed by atoms with Gasteiger partial charge >= 0.3 is 0 Å². The summed E-state index contributed by atoms with van der Waals surface area (Å²) in [5.41, 5.74) is 0. The van der Waals surface area contributed by atoms with Gasteiger partial charge in [0, 0.05) is 0 Å². The Kier molecular flexibility index (Phi) is 4.34. The topological polar surface area (TPSA) is 32.6 Å². The molecule has 35 valence electrons. The summed E-state index contributed by atoms with van der Waals surface area (Å²) in [6.07, 6.45) is 1.43. The predicted octanol–water partition coefficient (Wildman–Crippen LogP) is -0.116. The molecule has 2 heteroatoms. The smallest absolute Gasteiger partial charge is 0.0626 e. The van der Waals surface area contributed by atoms with Gasteiger partial charge in [0.15, 0.2) is 0 Å². The number of aliphatic hydroxyl groups is 1. The van der Waals surface area contributed by atoms with Crippen LogP contribution in [0.25, 0.3) is 0 Å². The van der Waals surface area contributed by atoms with Gasteiger partial charge in [0.25, 0.3) is 0 Å². The zero-order valence-corrected chi connectivity index (χ0v) is 3.59. The minimum absolute atomic E-state index is 0.117. The van der Waals surface area contributed by atoms with Crippen molar-refractivity contribution < 1.29 is 5.11 Å². The molecule has 0 bridgehead atoms. The van der Waals surface area contributed by atoms with Crippen LogP contribution in [0.5, 0.6) is 0 Å². The van der Waals surface area contributed by atoms with Crippen molar-refractivity contribution in [3.8, 4) is 0 Å². The van der Waals surface area contributed by atoms with E-state index in [-0.39, 0.29) is 6.61 Å². The first-order chi connectivity index (χ1) is 2.91. The van der Waals surface area contributed by atoms with Gasteiger partial charge in [0.05, 0.1) is 13.2 Å². The Morgan fingerprint density at radius 2 is 2.50 bits per heavy atom. The van der Waals surface area contributed by atoms with Crippen molar-refractivity contribution in [2.24, 2.45) is 4.99 Å². The van der Waals surface area contributed by atoms with Gasteiger partial charge in [-0.3, -0.25) is 4.99 Å². The maximum atomic E-state index is 8.06. The van der Waals surface area contributed by atoms with E-state index >= 15 is 0 Å². The molecule has 0 amide bonds. The van der Waals surface area contributed by atoms with Crippen LogP contribution >= 0.6 is 0 Å². The summed E-state index contributed by atoms with van der Waals surface area (Å²) in [4.78, 5) is 3.60. The Bertz CT molecular complexity index is 42.8. The van der Waals surface area contributed by atoms with Crippen LogP contribution in [0.3, 0.4) is 0 Å². The van der Waals surface area contributed by atoms with Crippen molar-refractivity contribution in [3.05, 3.63) is 6.92 Å². The van der Waals surface area contributed by atoms with Crippen molar-refractivity contribution in [1.82, 2.24) is 0 Å². The summed E-state index contributed by atoms with van der Waals surface area (Å²) in [7, 11) is 0. The van der Waals surface area contributed by atoms with Crippen LogP contribution in [0.2, 0.25) is 0 Å². The zero-order chi connectivity index (χ0) is 4.83. The monoisotopic (exact) mass is 86.1 g/mol. The summed E-state index contributed by atoms with van der Waals surface area (Å²) in [6.45, 7) is 3.91. The number of rotatable bonds is 2. The van der Waals surface area contributed by atoms with Crippen molar-refractivity contribution in [1.29, 1.82) is 0 Å². The van der Waals surface area contributed by atoms with Gasteiger partial charge < -0.3 is 5.11 Å². The molecule has 0 aliphatic heterocycles. The van der Waals surface area contributed by atoms with Gasteiger partial charge in [-0.2, -0.15) is 0 Å². The minimum atomic E-state index is 0.117. The van der Waals surface area contributed by atoms with E-state index in [2.05, 4.69) is 11.9 Å². The molecule has 2 nitrogen and oxygen atoms in total. The van der Waals surface area contributed by atoms with Crippen LogP contribution in [-0.4, -0.2) is 24.5 Å². The molecule has 0 fully saturated rings. The molecule has 1 radical (unpaired) electrons. The van der Waals surface area contributed by atoms with Crippen LogP contribution in [0.1, 0.15) is 0 Å². The lowest BCUT2D eigenvalue weighted by atomic mass is 10.7. The lowest BCUT2D eigenvalue weighted by Crippen LogP contribution is -1.85. The summed E-state index contributed by atoms with van der Waals surface area (Å²) in [5, 5.41) is 8.06. The van der Waals surface area contributed by atoms with Crippen LogP contribution in [0, 0.1) is 6.92 Å². The second-order valence-electron chi connectivity index (χ2n) is 0.812. The van der Waals surface area contributed by atoms with Crippen molar-refractivity contribution >= 4 is 6.21 Å². The zero-order valence-electron chi connectivity index (χ0n) is 3.59. The standard InChI is InChI=1S/C4H8NO/c1-2-5-3-4-6/h2,6H,1,3-4H2. The SMILES string of the molecule is [CH2]C=NCCO. The van der Waals surface area contributed by atoms with Crippen LogP contribution in [-0.2, 0) is 0 Å². The Labute approximate surface area is 37.5 Å². The maximum Gasteiger partial charge on any atom is 0.0626 e. The highest BCUT2D eigenvalue weighted by Gasteiger charge is 1.65. The van der Waals surface area contributed by atoms with Crippen LogP contribution in [0.4, 0.5) is 0 Å². The number of aliphatic hydroxyl groups excluding tert-OH is 1. The highest BCUT2D eigenvalue weighted by molar-refractivity contribution is 5.61. The Balaban J connectivity index is 2.66. The highest BCUT2D eigenvalue weighted by atomic mass is 16.3. The third kappa shape index (κ3) is 3.63. The number of hydrogen-bond donors (Lipinski definition) is 1. The lowest BCUT2D eigenvalue weighted by Gasteiger charge is -1.77. The molecule has 0 unspecified atom stereocenters. The van der Waals surface area contributed by atoms with Gasteiger partial charge in [-0.25, -0.2) is 0 Å². The third-order valence-electron chi connectivity index (χ3n) is 0.358. The van der Waals surface area contributed by atoms with Gasteiger partial charge in [0.1, 0.15) is 0 Å². The molecule has 0 atom stereocenters. The molecule has 0 rings (SSSR count). The van der Waals surface area contributed by atoms with Crippen molar-refractivity contribution in [3.63, 3.8) is 0 Å². The average Bonchev–Trinajstić information content (AvgIpc) is 1.61. The Hall–Kier alpha value is -0.370. The van der Waals surface area contributed by atoms with E-state index in [4.69, 9.17) is 5.11 Å². The van der Waals surface area contributed by atoms with Gasteiger partial charge in [0.2, 0.25) is 0 Å². The fourth-order valence-electron chi connectivity index (χ4n) is 0.149. The molecule has 1 N–H and O–H groups in total. The summed E-state index contributed by atoms with van der Waals surface area (Å²) in [6, 6.07) is 0. The summed E-state index contributed by atoms with van der Waals surface area (Å²) >= 11 is 0. The molecule has 6 heavy (non-hydrogen) atoms. The molecular formula is C4H8NO. The second-order valence-corrected chi connectivity index (χ2v) is 0.812. The molecule has 0 aliphatic carbocycles. The van der Waals surface area contributed by atoms with E-state index in [0.29, 0.717) is 6.54 Å². The predicted molar refractivity (Wildman–Crippen MR) is 25.8 cm³/mol. The molecule has 0 aromatic carbocycles. The molecule has 0 saturated heterocycles. The fourth-order valence-corrected chi connectivity index (χ4v) is 0.149. The maximum absolute atomic E-state index is 8.06. The van der Waals surface area contributed by atoms with E-state index in [1.807, 2.05) is 0 Å². The largest absolute Gasteiger partial charge is 0.394 e. The number of aliphatic imine (C=N–C) groups is 1. The van der Waals surface area contributed by atoms with Gasteiger partial charge in [-0.1, -0.05) is 0 Å². The second kappa shape index (κ2) is 4.63. The van der Waals surface area contributed by atoms with Crippen LogP contribution < -0.4 is 0 Å². The molecule has 0 aromatic rings. The average molecular weight is 86.1 g/mol. The molecule has 0 heterocycles. The van der Waals surface area contributed by atoms with Gasteiger partial charge in [-0.15, -0.1) is 0 Å². The number of hydrogen-bond acceptors (Lipinski definition) is 2. The fraction of sp³-hybridized carbons (Fsp3) is 0.500. The molecule has 0 spiro atoms. The van der Waals surface area contributed by atoms with E-state index in [1.165, 1.54) is 6.21 Å². The lowest BCUT2D eigenvalue weighted by molar-refractivity contribution is 0.307. The third-order valence-corrected chi connectivity index (χ3v) is 0.358. The molecule has 0 saturated carbocycles. The van der Waals surface area contributed by atoms with E-state index < -0.39 is 0 Å². The molecule has 0 aliphatic rings. The summed E-state index contributed by atoms with van der Waals surface area (Å²) < 4.78 is 0. The quantitative estimate of drug-likeness (QED) is 0.467. The number of nitrogens with zero attached hydrogens (tertiary/aromatic N) is 1. The highest BCUT2D eigenvalue weighted by Crippen LogP contribution is 1.59. The normalized spacial score (nSPS) is 10.3. The minimum Gasteiger partial charge on any atom is -0.394 e. The van der Waals surface area contributed by atoms with Crippen molar-refractivity contribution in [2.45, 2.75) is 0 Å². The van der Waals surface area contributed by atoms with Crippen LogP contribution in [0.15, 0.2) is 4.99 Å². The van der Waals surface area contributed by atoms with E-state index in [0.717, 1.165) is 0 Å². The van der Waals surface area contributed by atoms with E-state index in [9.17, 15) is 0 Å². The van der Waals surface area contributed by atoms with Gasteiger partial charge in [-0.05, 0) is 13.1 Å². The van der Waals surface area contributed by atoms with E-state index in [1.54, 1.807) is 0 Å².